The lowest BCUT2D eigenvalue weighted by molar-refractivity contribution is -0.134. The van der Waals surface area contributed by atoms with E-state index in [0.29, 0.717) is 18.1 Å². The first kappa shape index (κ1) is 15.2. The molecule has 2 rings (SSSR count). The van der Waals surface area contributed by atoms with Crippen LogP contribution in [0.5, 0.6) is 0 Å². The van der Waals surface area contributed by atoms with Crippen molar-refractivity contribution < 1.29 is 4.79 Å². The number of anilines is 1. The number of nitrogens with two attached hydrogens (primary N) is 1. The Hall–Kier alpha value is -1.21. The van der Waals surface area contributed by atoms with Crippen LogP contribution in [0.4, 0.5) is 5.13 Å². The summed E-state index contributed by atoms with van der Waals surface area (Å²) in [5.74, 6) is -0.153. The number of hydrogen-bond donors (Lipinski definition) is 1. The first-order valence-corrected chi connectivity index (χ1v) is 8.02. The lowest BCUT2D eigenvalue weighted by atomic mass is 9.94. The molecule has 0 aromatic carbocycles. The fraction of sp³-hybridized carbons (Fsp3) is 0.615. The Kier molecular flexibility index (Phi) is 4.93. The predicted molar refractivity (Wildman–Crippen MR) is 86.0 cm³/mol. The lowest BCUT2D eigenvalue weighted by Crippen LogP contribution is -2.52. The van der Waals surface area contributed by atoms with Gasteiger partial charge in [-0.15, -0.1) is 11.3 Å². The minimum Gasteiger partial charge on any atom is -0.393 e. The van der Waals surface area contributed by atoms with Gasteiger partial charge in [-0.05, 0) is 5.92 Å². The first-order valence-electron chi connectivity index (χ1n) is 6.73. The highest BCUT2D eigenvalue weighted by atomic mass is 32.1. The van der Waals surface area contributed by atoms with Crippen molar-refractivity contribution >= 4 is 39.6 Å². The smallest absolute Gasteiger partial charge is 0.232 e. The quantitative estimate of drug-likeness (QED) is 0.850. The maximum absolute atomic E-state index is 12.5. The van der Waals surface area contributed by atoms with Crippen LogP contribution in [0.3, 0.4) is 0 Å². The molecule has 7 heteroatoms. The van der Waals surface area contributed by atoms with Crippen LogP contribution < -0.4 is 10.6 Å². The molecule has 0 bridgehead atoms. The second kappa shape index (κ2) is 6.49. The van der Waals surface area contributed by atoms with E-state index in [2.05, 4.69) is 9.88 Å². The summed E-state index contributed by atoms with van der Waals surface area (Å²) in [5.41, 5.74) is 5.71. The van der Waals surface area contributed by atoms with E-state index < -0.39 is 0 Å². The third-order valence-electron chi connectivity index (χ3n) is 3.52. The minimum atomic E-state index is -0.351. The van der Waals surface area contributed by atoms with Gasteiger partial charge in [-0.2, -0.15) is 0 Å². The molecule has 2 N–H and O–H groups in total. The molecular weight excluding hydrogens is 292 g/mol. The average Bonchev–Trinajstić information content (AvgIpc) is 2.91. The summed E-state index contributed by atoms with van der Waals surface area (Å²) >= 11 is 6.66. The Morgan fingerprint density at radius 3 is 2.50 bits per heavy atom. The maximum atomic E-state index is 12.5. The molecule has 110 valence electrons. The fourth-order valence-corrected chi connectivity index (χ4v) is 3.49. The van der Waals surface area contributed by atoms with Crippen LogP contribution in [0.15, 0.2) is 11.6 Å². The van der Waals surface area contributed by atoms with Gasteiger partial charge in [-0.25, -0.2) is 4.98 Å². The summed E-state index contributed by atoms with van der Waals surface area (Å²) in [6.07, 6.45) is 1.80. The summed E-state index contributed by atoms with van der Waals surface area (Å²) in [7, 11) is 0. The lowest BCUT2D eigenvalue weighted by Gasteiger charge is -2.36. The summed E-state index contributed by atoms with van der Waals surface area (Å²) in [4.78, 5) is 21.2. The van der Waals surface area contributed by atoms with Gasteiger partial charge < -0.3 is 15.5 Å². The zero-order valence-electron chi connectivity index (χ0n) is 11.8. The normalized spacial score (nSPS) is 17.4. The number of thiocarbonyl (C=S) groups is 1. The highest BCUT2D eigenvalue weighted by molar-refractivity contribution is 7.80. The second-order valence-corrected chi connectivity index (χ2v) is 6.60. The molecule has 1 fully saturated rings. The minimum absolute atomic E-state index is 0.0614. The molecule has 1 saturated heterocycles. The van der Waals surface area contributed by atoms with E-state index in [1.807, 2.05) is 24.1 Å². The van der Waals surface area contributed by atoms with Gasteiger partial charge in [0.15, 0.2) is 5.13 Å². The number of nitrogens with zero attached hydrogens (tertiary/aromatic N) is 3. The van der Waals surface area contributed by atoms with Crippen molar-refractivity contribution in [2.75, 3.05) is 31.1 Å². The van der Waals surface area contributed by atoms with E-state index >= 15 is 0 Å². The van der Waals surface area contributed by atoms with Crippen LogP contribution in [-0.4, -0.2) is 47.0 Å². The molecule has 2 heterocycles. The van der Waals surface area contributed by atoms with Gasteiger partial charge in [0.1, 0.15) is 0 Å². The molecule has 1 atom stereocenters. The van der Waals surface area contributed by atoms with Gasteiger partial charge in [0, 0.05) is 37.8 Å². The molecule has 1 aliphatic heterocycles. The van der Waals surface area contributed by atoms with E-state index in [1.54, 1.807) is 17.5 Å². The standard InChI is InChI=1S/C13H20N4OS2/c1-9(2)10(11(14)19)12(18)16-4-6-17(7-5-16)13-15-3-8-20-13/h3,8-10H,4-7H2,1-2H3,(H2,14,19). The second-order valence-electron chi connectivity index (χ2n) is 5.25. The highest BCUT2D eigenvalue weighted by Gasteiger charge is 2.31. The van der Waals surface area contributed by atoms with Crippen molar-refractivity contribution in [3.63, 3.8) is 0 Å². The molecule has 0 radical (unpaired) electrons. The highest BCUT2D eigenvalue weighted by Crippen LogP contribution is 2.21. The molecule has 5 nitrogen and oxygen atoms in total. The number of thiazole rings is 1. The number of aromatic nitrogens is 1. The Bertz CT molecular complexity index is 467. The molecule has 0 spiro atoms. The summed E-state index contributed by atoms with van der Waals surface area (Å²) in [6.45, 7) is 6.97. The molecule has 1 aromatic heterocycles. The largest absolute Gasteiger partial charge is 0.393 e. The SMILES string of the molecule is CC(C)C(C(=O)N1CCN(c2nccs2)CC1)C(N)=S. The summed E-state index contributed by atoms with van der Waals surface area (Å²) < 4.78 is 0. The van der Waals surface area contributed by atoms with Crippen molar-refractivity contribution in [1.29, 1.82) is 0 Å². The average molecular weight is 312 g/mol. The fourth-order valence-electron chi connectivity index (χ4n) is 2.42. The van der Waals surface area contributed by atoms with Gasteiger partial charge in [-0.1, -0.05) is 26.1 Å². The van der Waals surface area contributed by atoms with E-state index in [-0.39, 0.29) is 17.7 Å². The van der Waals surface area contributed by atoms with Gasteiger partial charge in [-0.3, -0.25) is 4.79 Å². The van der Waals surface area contributed by atoms with E-state index in [4.69, 9.17) is 18.0 Å². The Balaban J connectivity index is 1.96. The molecule has 1 amide bonds. The monoisotopic (exact) mass is 312 g/mol. The molecule has 0 saturated carbocycles. The van der Waals surface area contributed by atoms with Crippen molar-refractivity contribution in [1.82, 2.24) is 9.88 Å². The Morgan fingerprint density at radius 1 is 1.40 bits per heavy atom. The number of hydrogen-bond acceptors (Lipinski definition) is 5. The molecule has 20 heavy (non-hydrogen) atoms. The number of carbonyl (C=O) groups is 1. The van der Waals surface area contributed by atoms with E-state index in [1.165, 1.54) is 0 Å². The van der Waals surface area contributed by atoms with Crippen molar-refractivity contribution in [3.05, 3.63) is 11.6 Å². The summed E-state index contributed by atoms with van der Waals surface area (Å²) in [6, 6.07) is 0. The number of rotatable bonds is 4. The third kappa shape index (κ3) is 3.27. The maximum Gasteiger partial charge on any atom is 0.232 e. The predicted octanol–water partition coefficient (Wildman–Crippen LogP) is 1.35. The third-order valence-corrected chi connectivity index (χ3v) is 4.61. The van der Waals surface area contributed by atoms with Crippen molar-refractivity contribution in [2.45, 2.75) is 13.8 Å². The Labute approximate surface area is 128 Å². The first-order chi connectivity index (χ1) is 9.50. The van der Waals surface area contributed by atoms with Gasteiger partial charge in [0.2, 0.25) is 5.91 Å². The molecule has 1 aliphatic rings. The number of amides is 1. The topological polar surface area (TPSA) is 62.5 Å². The van der Waals surface area contributed by atoms with Gasteiger partial charge in [0.25, 0.3) is 0 Å². The zero-order chi connectivity index (χ0) is 14.7. The molecular formula is C13H20N4OS2. The number of carbonyl (C=O) groups excluding carboxylic acids is 1. The van der Waals surface area contributed by atoms with Crippen molar-refractivity contribution in [2.24, 2.45) is 17.6 Å². The summed E-state index contributed by atoms with van der Waals surface area (Å²) in [5, 5.41) is 2.99. The van der Waals surface area contributed by atoms with Crippen LogP contribution in [0, 0.1) is 11.8 Å². The zero-order valence-corrected chi connectivity index (χ0v) is 13.4. The van der Waals surface area contributed by atoms with Crippen LogP contribution in [0.2, 0.25) is 0 Å². The van der Waals surface area contributed by atoms with Crippen LogP contribution in [0.1, 0.15) is 13.8 Å². The van der Waals surface area contributed by atoms with E-state index in [9.17, 15) is 4.79 Å². The van der Waals surface area contributed by atoms with Crippen LogP contribution in [-0.2, 0) is 4.79 Å². The van der Waals surface area contributed by atoms with Crippen LogP contribution >= 0.6 is 23.6 Å². The molecule has 1 unspecified atom stereocenters. The molecule has 1 aromatic rings. The number of piperazine rings is 1. The Morgan fingerprint density at radius 2 is 2.05 bits per heavy atom. The van der Waals surface area contributed by atoms with Gasteiger partial charge >= 0.3 is 0 Å². The van der Waals surface area contributed by atoms with Crippen molar-refractivity contribution in [3.8, 4) is 0 Å². The van der Waals surface area contributed by atoms with Crippen LogP contribution in [0.25, 0.3) is 0 Å². The van der Waals surface area contributed by atoms with E-state index in [0.717, 1.165) is 18.2 Å². The molecule has 0 aliphatic carbocycles. The van der Waals surface area contributed by atoms with Gasteiger partial charge in [0.05, 0.1) is 10.9 Å².